The molecule has 0 aromatic heterocycles. The third-order valence-corrected chi connectivity index (χ3v) is 11.6. The van der Waals surface area contributed by atoms with Crippen LogP contribution in [0.1, 0.15) is 68.2 Å². The van der Waals surface area contributed by atoms with E-state index >= 15 is 0 Å². The van der Waals surface area contributed by atoms with Crippen molar-refractivity contribution < 1.29 is 19.1 Å². The third-order valence-electron chi connectivity index (χ3n) is 11.6. The summed E-state index contributed by atoms with van der Waals surface area (Å²) >= 11 is 0. The van der Waals surface area contributed by atoms with Crippen LogP contribution < -0.4 is 9.47 Å². The van der Waals surface area contributed by atoms with Crippen molar-refractivity contribution in [3.8, 4) is 33.8 Å². The summed E-state index contributed by atoms with van der Waals surface area (Å²) in [6.07, 6.45) is 3.77. The van der Waals surface area contributed by atoms with Gasteiger partial charge >= 0.3 is 11.9 Å². The van der Waals surface area contributed by atoms with Crippen LogP contribution in [0.15, 0.2) is 158 Å². The van der Waals surface area contributed by atoms with Crippen LogP contribution in [0.2, 0.25) is 0 Å². The molecule has 2 unspecified atom stereocenters. The van der Waals surface area contributed by atoms with E-state index in [4.69, 9.17) is 9.47 Å². The Morgan fingerprint density at radius 1 is 0.434 bits per heavy atom. The lowest BCUT2D eigenvalue weighted by Crippen LogP contribution is -2.34. The van der Waals surface area contributed by atoms with Crippen LogP contribution in [0.5, 0.6) is 11.5 Å². The Balaban J connectivity index is 1.16. The number of carbonyl (C=O) groups is 2. The molecule has 6 aromatic rings. The Morgan fingerprint density at radius 2 is 0.717 bits per heavy atom. The van der Waals surface area contributed by atoms with Gasteiger partial charge in [0.15, 0.2) is 0 Å². The molecule has 0 N–H and O–H groups in total. The Morgan fingerprint density at radius 3 is 1.04 bits per heavy atom. The SMILES string of the molecule is CC(CC1(CCCC2(CC(C)C(=O)Oc3ccccc3)c3ccccc3-c3ccccc32)c2ccccc2-c2ccccc21)C(=O)Oc1ccccc1. The van der Waals surface area contributed by atoms with Crippen molar-refractivity contribution in [2.24, 2.45) is 11.8 Å². The van der Waals surface area contributed by atoms with Crippen LogP contribution in [0.25, 0.3) is 22.3 Å². The van der Waals surface area contributed by atoms with Crippen LogP contribution in [0, 0.1) is 11.8 Å². The predicted octanol–water partition coefficient (Wildman–Crippen LogP) is 11.4. The lowest BCUT2D eigenvalue weighted by molar-refractivity contribution is -0.139. The molecule has 2 aliphatic rings. The zero-order valence-corrected chi connectivity index (χ0v) is 30.3. The first-order valence-corrected chi connectivity index (χ1v) is 18.8. The highest BCUT2D eigenvalue weighted by atomic mass is 16.5. The monoisotopic (exact) mass is 696 g/mol. The maximum Gasteiger partial charge on any atom is 0.314 e. The summed E-state index contributed by atoms with van der Waals surface area (Å²) in [6.45, 7) is 4.00. The Hall–Kier alpha value is -5.74. The summed E-state index contributed by atoms with van der Waals surface area (Å²) in [6, 6.07) is 53.5. The molecule has 6 aromatic carbocycles. The first kappa shape index (κ1) is 34.4. The molecular formula is C49H44O4. The smallest absolute Gasteiger partial charge is 0.314 e. The lowest BCUT2D eigenvalue weighted by atomic mass is 9.65. The van der Waals surface area contributed by atoms with Gasteiger partial charge < -0.3 is 9.47 Å². The van der Waals surface area contributed by atoms with Crippen molar-refractivity contribution >= 4 is 11.9 Å². The summed E-state index contributed by atoms with van der Waals surface area (Å²) in [5.41, 5.74) is 9.18. The molecule has 0 radical (unpaired) electrons. The molecule has 0 aliphatic heterocycles. The number of esters is 2. The molecule has 8 rings (SSSR count). The van der Waals surface area contributed by atoms with Gasteiger partial charge in [-0.1, -0.05) is 154 Å². The number of ether oxygens (including phenoxy) is 2. The molecule has 0 saturated carbocycles. The van der Waals surface area contributed by atoms with E-state index < -0.39 is 10.8 Å². The van der Waals surface area contributed by atoms with Crippen molar-refractivity contribution in [1.82, 2.24) is 0 Å². The van der Waals surface area contributed by atoms with E-state index in [-0.39, 0.29) is 23.8 Å². The van der Waals surface area contributed by atoms with Crippen LogP contribution in [0.4, 0.5) is 0 Å². The molecule has 0 amide bonds. The van der Waals surface area contributed by atoms with Gasteiger partial charge in [-0.05, 0) is 94.5 Å². The van der Waals surface area contributed by atoms with Gasteiger partial charge in [0, 0.05) is 10.8 Å². The van der Waals surface area contributed by atoms with E-state index in [1.165, 1.54) is 44.5 Å². The number of carbonyl (C=O) groups excluding carboxylic acids is 2. The molecule has 4 heteroatoms. The minimum absolute atomic E-state index is 0.224. The zero-order valence-electron chi connectivity index (χ0n) is 30.3. The van der Waals surface area contributed by atoms with Crippen LogP contribution >= 0.6 is 0 Å². The molecule has 264 valence electrons. The number of benzene rings is 6. The van der Waals surface area contributed by atoms with Crippen molar-refractivity contribution in [2.75, 3.05) is 0 Å². The summed E-state index contributed by atoms with van der Waals surface area (Å²) in [5.74, 6) is -0.0399. The van der Waals surface area contributed by atoms with Crippen LogP contribution in [0.3, 0.4) is 0 Å². The second-order valence-electron chi connectivity index (χ2n) is 14.9. The predicted molar refractivity (Wildman–Crippen MR) is 211 cm³/mol. The van der Waals surface area contributed by atoms with Crippen molar-refractivity contribution in [2.45, 2.75) is 56.8 Å². The third kappa shape index (κ3) is 6.27. The van der Waals surface area contributed by atoms with E-state index in [2.05, 4.69) is 97.1 Å². The van der Waals surface area contributed by atoms with Gasteiger partial charge in [-0.15, -0.1) is 0 Å². The molecule has 53 heavy (non-hydrogen) atoms. The molecule has 0 fully saturated rings. The molecule has 0 spiro atoms. The van der Waals surface area contributed by atoms with Crippen molar-refractivity contribution in [3.63, 3.8) is 0 Å². The van der Waals surface area contributed by atoms with E-state index in [0.29, 0.717) is 24.3 Å². The minimum Gasteiger partial charge on any atom is -0.426 e. The second kappa shape index (κ2) is 14.4. The fraction of sp³-hybridized carbons (Fsp3) is 0.224. The van der Waals surface area contributed by atoms with Gasteiger partial charge in [0.2, 0.25) is 0 Å². The molecular weight excluding hydrogens is 653 g/mol. The maximum atomic E-state index is 13.7. The molecule has 2 atom stereocenters. The molecule has 0 heterocycles. The summed E-state index contributed by atoms with van der Waals surface area (Å²) < 4.78 is 11.8. The first-order valence-electron chi connectivity index (χ1n) is 18.8. The highest BCUT2D eigenvalue weighted by Gasteiger charge is 2.48. The minimum atomic E-state index is -0.404. The quantitative estimate of drug-likeness (QED) is 0.0944. The van der Waals surface area contributed by atoms with Crippen LogP contribution in [-0.4, -0.2) is 11.9 Å². The van der Waals surface area contributed by atoms with Gasteiger partial charge in [-0.3, -0.25) is 9.59 Å². The maximum absolute atomic E-state index is 13.7. The lowest BCUT2D eigenvalue weighted by Gasteiger charge is -2.38. The number of hydrogen-bond donors (Lipinski definition) is 0. The Bertz CT molecular complexity index is 2000. The average Bonchev–Trinajstić information content (AvgIpc) is 3.63. The van der Waals surface area contributed by atoms with E-state index in [9.17, 15) is 9.59 Å². The first-order chi connectivity index (χ1) is 25.9. The summed E-state index contributed by atoms with van der Waals surface area (Å²) in [5, 5.41) is 0. The molecule has 0 saturated heterocycles. The topological polar surface area (TPSA) is 52.6 Å². The van der Waals surface area contributed by atoms with Gasteiger partial charge in [-0.25, -0.2) is 0 Å². The zero-order chi connectivity index (χ0) is 36.4. The normalized spacial score (nSPS) is 15.3. The number of rotatable bonds is 12. The highest BCUT2D eigenvalue weighted by Crippen LogP contribution is 2.58. The van der Waals surface area contributed by atoms with Gasteiger partial charge in [0.05, 0.1) is 11.8 Å². The van der Waals surface area contributed by atoms with E-state index in [1.807, 2.05) is 74.5 Å². The molecule has 2 aliphatic carbocycles. The second-order valence-corrected chi connectivity index (χ2v) is 14.9. The van der Waals surface area contributed by atoms with Crippen molar-refractivity contribution in [1.29, 1.82) is 0 Å². The van der Waals surface area contributed by atoms with Crippen LogP contribution in [-0.2, 0) is 20.4 Å². The fourth-order valence-electron chi connectivity index (χ4n) is 9.33. The summed E-state index contributed by atoms with van der Waals surface area (Å²) in [7, 11) is 0. The van der Waals surface area contributed by atoms with E-state index in [0.717, 1.165) is 19.3 Å². The van der Waals surface area contributed by atoms with Gasteiger partial charge in [0.1, 0.15) is 11.5 Å². The van der Waals surface area contributed by atoms with Crippen molar-refractivity contribution in [3.05, 3.63) is 180 Å². The number of para-hydroxylation sites is 2. The number of hydrogen-bond acceptors (Lipinski definition) is 4. The molecule has 4 nitrogen and oxygen atoms in total. The van der Waals surface area contributed by atoms with Gasteiger partial charge in [-0.2, -0.15) is 0 Å². The Labute approximate surface area is 312 Å². The summed E-state index contributed by atoms with van der Waals surface area (Å²) in [4.78, 5) is 27.5. The Kier molecular flexibility index (Phi) is 9.30. The number of fused-ring (bicyclic) bond motifs is 6. The molecule has 0 bridgehead atoms. The average molecular weight is 697 g/mol. The largest absolute Gasteiger partial charge is 0.426 e. The standard InChI is InChI=1S/C49H44O4/c1-34(46(50)52-36-18-5-3-6-19-36)32-48(42-26-13-9-22-38(42)39-23-10-14-27-43(39)48)30-17-31-49(33-35(2)47(51)53-37-20-7-4-8-21-37)44-28-15-11-24-40(44)41-25-12-16-29-45(41)49/h3-16,18-29,34-35H,17,30-33H2,1-2H3. The highest BCUT2D eigenvalue weighted by molar-refractivity contribution is 5.84. The van der Waals surface area contributed by atoms with E-state index in [1.54, 1.807) is 0 Å². The fourth-order valence-corrected chi connectivity index (χ4v) is 9.33. The van der Waals surface area contributed by atoms with Gasteiger partial charge in [0.25, 0.3) is 0 Å².